The molecule has 4 aromatic rings. The minimum atomic E-state index is -0.785. The van der Waals surface area contributed by atoms with E-state index in [1.54, 1.807) is 7.05 Å². The number of fused-ring (bicyclic) bond motifs is 1. The first-order chi connectivity index (χ1) is 15.3. The maximum absolute atomic E-state index is 13.5. The first-order valence-electron chi connectivity index (χ1n) is 10.1. The second-order valence-electron chi connectivity index (χ2n) is 7.66. The number of nitriles is 1. The predicted molar refractivity (Wildman–Crippen MR) is 125 cm³/mol. The van der Waals surface area contributed by atoms with Gasteiger partial charge < -0.3 is 5.32 Å². The molecule has 4 rings (SSSR count). The van der Waals surface area contributed by atoms with Crippen LogP contribution in [0.25, 0.3) is 21.3 Å². The lowest BCUT2D eigenvalue weighted by molar-refractivity contribution is -0.119. The Morgan fingerprint density at radius 1 is 1.31 bits per heavy atom. The molecule has 1 aromatic carbocycles. The number of thiophene rings is 1. The van der Waals surface area contributed by atoms with Crippen molar-refractivity contribution in [3.63, 3.8) is 0 Å². The van der Waals surface area contributed by atoms with E-state index >= 15 is 0 Å². The number of nitrogens with one attached hydrogen (secondary N) is 1. The van der Waals surface area contributed by atoms with E-state index in [4.69, 9.17) is 0 Å². The van der Waals surface area contributed by atoms with Crippen LogP contribution in [0.15, 0.2) is 40.9 Å². The third-order valence-electron chi connectivity index (χ3n) is 5.52. The lowest BCUT2D eigenvalue weighted by atomic mass is 9.99. The highest BCUT2D eigenvalue weighted by Gasteiger charge is 2.24. The number of hydrogen-bond donors (Lipinski definition) is 1. The number of anilines is 1. The smallest absolute Gasteiger partial charge is 0.263 e. The Hall–Kier alpha value is -3.77. The van der Waals surface area contributed by atoms with Crippen LogP contribution in [0.3, 0.4) is 0 Å². The number of carbonyl (C=O) groups excluding carboxylic acids is 1. The maximum Gasteiger partial charge on any atom is 0.263 e. The largest absolute Gasteiger partial charge is 0.308 e. The number of aromatic nitrogens is 4. The van der Waals surface area contributed by atoms with Gasteiger partial charge in [0, 0.05) is 18.0 Å². The zero-order chi connectivity index (χ0) is 23.0. The summed E-state index contributed by atoms with van der Waals surface area (Å²) in [5.41, 5.74) is 4.01. The minimum Gasteiger partial charge on any atom is -0.308 e. The van der Waals surface area contributed by atoms with Crippen LogP contribution in [0.1, 0.15) is 36.1 Å². The fraction of sp³-hybridized carbons (Fsp3) is 0.261. The lowest BCUT2D eigenvalue weighted by Gasteiger charge is -2.18. The van der Waals surface area contributed by atoms with Crippen LogP contribution in [0, 0.1) is 25.2 Å². The molecule has 0 saturated heterocycles. The molecule has 1 amide bonds. The molecule has 0 bridgehead atoms. The number of rotatable bonds is 5. The van der Waals surface area contributed by atoms with E-state index in [-0.39, 0.29) is 11.1 Å². The second kappa shape index (κ2) is 8.40. The number of aryl methyl sites for hydroxylation is 3. The number of carbonyl (C=O) groups is 1. The van der Waals surface area contributed by atoms with Crippen LogP contribution < -0.4 is 10.9 Å². The molecule has 1 N–H and O–H groups in total. The summed E-state index contributed by atoms with van der Waals surface area (Å²) in [6.07, 6.45) is 3.19. The lowest BCUT2D eigenvalue weighted by Crippen LogP contribution is -2.33. The van der Waals surface area contributed by atoms with Crippen molar-refractivity contribution in [3.05, 3.63) is 63.1 Å². The molecule has 32 heavy (non-hydrogen) atoms. The number of nitrogens with zero attached hydrogens (tertiary/aromatic N) is 5. The van der Waals surface area contributed by atoms with E-state index in [9.17, 15) is 14.9 Å². The van der Waals surface area contributed by atoms with Crippen molar-refractivity contribution in [1.82, 2.24) is 19.3 Å². The van der Waals surface area contributed by atoms with Gasteiger partial charge in [-0.05, 0) is 31.4 Å². The summed E-state index contributed by atoms with van der Waals surface area (Å²) in [5, 5.41) is 18.5. The predicted octanol–water partition coefficient (Wildman–Crippen LogP) is 3.94. The minimum absolute atomic E-state index is 0.256. The van der Waals surface area contributed by atoms with E-state index in [2.05, 4.69) is 21.5 Å². The molecule has 0 aliphatic heterocycles. The summed E-state index contributed by atoms with van der Waals surface area (Å²) in [5.74, 6) is -0.108. The van der Waals surface area contributed by atoms with Gasteiger partial charge in [-0.15, -0.1) is 11.3 Å². The Morgan fingerprint density at radius 3 is 2.78 bits per heavy atom. The molecule has 3 aromatic heterocycles. The van der Waals surface area contributed by atoms with Gasteiger partial charge >= 0.3 is 0 Å². The second-order valence-corrected chi connectivity index (χ2v) is 8.52. The van der Waals surface area contributed by atoms with Crippen molar-refractivity contribution < 1.29 is 4.79 Å². The summed E-state index contributed by atoms with van der Waals surface area (Å²) >= 11 is 1.41. The molecule has 9 heteroatoms. The summed E-state index contributed by atoms with van der Waals surface area (Å²) in [6, 6.07) is 7.33. The molecule has 1 unspecified atom stereocenters. The average molecular weight is 447 g/mol. The zero-order valence-corrected chi connectivity index (χ0v) is 19.0. The molecular formula is C23H22N6O2S. The van der Waals surface area contributed by atoms with Crippen LogP contribution in [0.2, 0.25) is 0 Å². The molecule has 3 heterocycles. The maximum atomic E-state index is 13.5. The van der Waals surface area contributed by atoms with Crippen LogP contribution in [0.5, 0.6) is 0 Å². The number of amides is 1. The molecule has 1 atom stereocenters. The van der Waals surface area contributed by atoms with E-state index in [0.29, 0.717) is 22.5 Å². The molecule has 0 spiro atoms. The molecule has 0 aliphatic carbocycles. The first kappa shape index (κ1) is 21.5. The monoisotopic (exact) mass is 446 g/mol. The highest BCUT2D eigenvalue weighted by Crippen LogP contribution is 2.33. The Balaban J connectivity index is 1.79. The standard InChI is InChI=1S/C23H22N6O2S/c1-5-18(21(30)27-20-15(9-24)10-26-28(20)4)29-12-25-22-19(23(29)31)17(11-32-22)16-7-6-13(2)8-14(16)3/h6-8,10-12,18H,5H2,1-4H3,(H,27,30). The van der Waals surface area contributed by atoms with Crippen molar-refractivity contribution in [1.29, 1.82) is 5.26 Å². The SMILES string of the molecule is CCC(C(=O)Nc1c(C#N)cnn1C)n1cnc2scc(-c3ccc(C)cc3C)c2c1=O. The summed E-state index contributed by atoms with van der Waals surface area (Å²) in [6.45, 7) is 5.87. The van der Waals surface area contributed by atoms with Gasteiger partial charge in [-0.2, -0.15) is 10.4 Å². The van der Waals surface area contributed by atoms with E-state index in [1.807, 2.05) is 44.4 Å². The van der Waals surface area contributed by atoms with Crippen LogP contribution in [-0.4, -0.2) is 25.2 Å². The fourth-order valence-corrected chi connectivity index (χ4v) is 4.76. The molecule has 0 radical (unpaired) electrons. The Labute approximate surface area is 188 Å². The van der Waals surface area contributed by atoms with Crippen molar-refractivity contribution in [2.45, 2.75) is 33.2 Å². The van der Waals surface area contributed by atoms with Gasteiger partial charge in [0.15, 0.2) is 0 Å². The zero-order valence-electron chi connectivity index (χ0n) is 18.2. The van der Waals surface area contributed by atoms with Crippen LogP contribution >= 0.6 is 11.3 Å². The Morgan fingerprint density at radius 2 is 2.09 bits per heavy atom. The van der Waals surface area contributed by atoms with Gasteiger partial charge in [0.1, 0.15) is 28.3 Å². The summed E-state index contributed by atoms with van der Waals surface area (Å²) in [4.78, 5) is 31.7. The molecular weight excluding hydrogens is 424 g/mol. The quantitative estimate of drug-likeness (QED) is 0.500. The summed E-state index contributed by atoms with van der Waals surface area (Å²) in [7, 11) is 1.64. The molecule has 0 fully saturated rings. The van der Waals surface area contributed by atoms with E-state index in [1.165, 1.54) is 33.1 Å². The van der Waals surface area contributed by atoms with E-state index < -0.39 is 11.9 Å². The van der Waals surface area contributed by atoms with Gasteiger partial charge in [-0.25, -0.2) is 4.98 Å². The topological polar surface area (TPSA) is 106 Å². The van der Waals surface area contributed by atoms with E-state index in [0.717, 1.165) is 22.3 Å². The number of hydrogen-bond acceptors (Lipinski definition) is 6. The van der Waals surface area contributed by atoms with Crippen LogP contribution in [-0.2, 0) is 11.8 Å². The van der Waals surface area contributed by atoms with Crippen molar-refractivity contribution >= 4 is 33.3 Å². The molecule has 0 aliphatic rings. The Kier molecular flexibility index (Phi) is 5.63. The van der Waals surface area contributed by atoms with Gasteiger partial charge in [0.2, 0.25) is 5.91 Å². The van der Waals surface area contributed by atoms with Gasteiger partial charge in [0.05, 0.1) is 17.9 Å². The van der Waals surface area contributed by atoms with Gasteiger partial charge in [-0.1, -0.05) is 30.7 Å². The first-order valence-corrected chi connectivity index (χ1v) is 11.0. The number of benzene rings is 1. The molecule has 8 nitrogen and oxygen atoms in total. The van der Waals surface area contributed by atoms with Crippen molar-refractivity contribution in [2.24, 2.45) is 7.05 Å². The highest BCUT2D eigenvalue weighted by atomic mass is 32.1. The molecule has 162 valence electrons. The normalized spacial score (nSPS) is 12.0. The van der Waals surface area contributed by atoms with Crippen molar-refractivity contribution in [2.75, 3.05) is 5.32 Å². The van der Waals surface area contributed by atoms with Gasteiger partial charge in [0.25, 0.3) is 5.56 Å². The molecule has 0 saturated carbocycles. The van der Waals surface area contributed by atoms with Crippen molar-refractivity contribution in [3.8, 4) is 17.2 Å². The third-order valence-corrected chi connectivity index (χ3v) is 6.40. The summed E-state index contributed by atoms with van der Waals surface area (Å²) < 4.78 is 2.80. The third kappa shape index (κ3) is 3.59. The van der Waals surface area contributed by atoms with Crippen LogP contribution in [0.4, 0.5) is 5.82 Å². The fourth-order valence-electron chi connectivity index (χ4n) is 3.86. The van der Waals surface area contributed by atoms with Gasteiger partial charge in [-0.3, -0.25) is 18.8 Å². The average Bonchev–Trinajstić information content (AvgIpc) is 3.34. The Bertz CT molecular complexity index is 1440. The highest BCUT2D eigenvalue weighted by molar-refractivity contribution is 7.17.